The Bertz CT molecular complexity index is 801. The Morgan fingerprint density at radius 3 is 2.19 bits per heavy atom. The van der Waals surface area contributed by atoms with Crippen molar-refractivity contribution in [2.24, 2.45) is 0 Å². The Balaban J connectivity index is 1.75. The summed E-state index contributed by atoms with van der Waals surface area (Å²) in [7, 11) is -3.37. The zero-order valence-corrected chi connectivity index (χ0v) is 17.0. The molecule has 0 N–H and O–H groups in total. The van der Waals surface area contributed by atoms with E-state index in [4.69, 9.17) is 16.3 Å². The highest BCUT2D eigenvalue weighted by Gasteiger charge is 2.27. The molecule has 1 unspecified atom stereocenters. The fourth-order valence-corrected chi connectivity index (χ4v) is 5.12. The van der Waals surface area contributed by atoms with E-state index in [2.05, 4.69) is 4.90 Å². The first-order valence-corrected chi connectivity index (χ1v) is 11.5. The van der Waals surface area contributed by atoms with Gasteiger partial charge in [-0.15, -0.1) is 0 Å². The van der Waals surface area contributed by atoms with Crippen LogP contribution in [0.2, 0.25) is 5.02 Å². The topological polar surface area (TPSA) is 46.6 Å². The van der Waals surface area contributed by atoms with Gasteiger partial charge in [-0.1, -0.05) is 42.6 Å². The van der Waals surface area contributed by atoms with Crippen molar-refractivity contribution >= 4 is 21.4 Å². The van der Waals surface area contributed by atoms with Gasteiger partial charge in [-0.2, -0.15) is 0 Å². The standard InChI is InChI=1S/C21H26ClNO3S/c22-18-10-12-20(13-11-18)26-16-19(23-14-6-1-2-7-15-23)17-27(24,25)21-8-4-3-5-9-21/h3-5,8-13,19H,1-2,6-7,14-17H2. The molecule has 0 bridgehead atoms. The molecule has 0 spiro atoms. The summed E-state index contributed by atoms with van der Waals surface area (Å²) in [6.45, 7) is 2.17. The van der Waals surface area contributed by atoms with Gasteiger partial charge in [0.2, 0.25) is 0 Å². The van der Waals surface area contributed by atoms with E-state index < -0.39 is 9.84 Å². The minimum Gasteiger partial charge on any atom is -0.492 e. The van der Waals surface area contributed by atoms with Crippen molar-refractivity contribution in [2.75, 3.05) is 25.4 Å². The van der Waals surface area contributed by atoms with Gasteiger partial charge in [0.05, 0.1) is 16.7 Å². The largest absolute Gasteiger partial charge is 0.492 e. The van der Waals surface area contributed by atoms with E-state index in [1.165, 1.54) is 12.8 Å². The summed E-state index contributed by atoms with van der Waals surface area (Å²) < 4.78 is 31.8. The second-order valence-corrected chi connectivity index (χ2v) is 9.43. The normalized spacial score (nSPS) is 17.2. The van der Waals surface area contributed by atoms with E-state index in [1.54, 1.807) is 36.4 Å². The van der Waals surface area contributed by atoms with Crippen LogP contribution in [0.15, 0.2) is 59.5 Å². The molecule has 3 rings (SSSR count). The lowest BCUT2D eigenvalue weighted by Crippen LogP contribution is -2.44. The number of halogens is 1. The lowest BCUT2D eigenvalue weighted by molar-refractivity contribution is 0.152. The van der Waals surface area contributed by atoms with Crippen molar-refractivity contribution < 1.29 is 13.2 Å². The second kappa shape index (κ2) is 9.58. The molecule has 0 saturated carbocycles. The van der Waals surface area contributed by atoms with Crippen molar-refractivity contribution in [3.8, 4) is 5.75 Å². The molecule has 1 aliphatic heterocycles. The monoisotopic (exact) mass is 407 g/mol. The molecule has 6 heteroatoms. The van der Waals surface area contributed by atoms with E-state index in [0.717, 1.165) is 25.9 Å². The molecule has 1 saturated heterocycles. The maximum absolute atomic E-state index is 12.9. The van der Waals surface area contributed by atoms with Crippen molar-refractivity contribution in [3.05, 3.63) is 59.6 Å². The Hall–Kier alpha value is -1.56. The van der Waals surface area contributed by atoms with E-state index in [0.29, 0.717) is 22.3 Å². The van der Waals surface area contributed by atoms with E-state index in [1.807, 2.05) is 18.2 Å². The Kier molecular flexibility index (Phi) is 7.16. The van der Waals surface area contributed by atoms with Crippen LogP contribution in [-0.4, -0.2) is 44.8 Å². The van der Waals surface area contributed by atoms with Gasteiger partial charge in [-0.05, 0) is 62.3 Å². The first kappa shape index (κ1) is 20.2. The molecule has 0 aliphatic carbocycles. The maximum atomic E-state index is 12.9. The van der Waals surface area contributed by atoms with Gasteiger partial charge in [0.1, 0.15) is 12.4 Å². The lowest BCUT2D eigenvalue weighted by atomic mass is 10.2. The number of hydrogen-bond donors (Lipinski definition) is 0. The van der Waals surface area contributed by atoms with Gasteiger partial charge in [0.25, 0.3) is 0 Å². The number of benzene rings is 2. The molecule has 1 atom stereocenters. The first-order valence-electron chi connectivity index (χ1n) is 9.45. The lowest BCUT2D eigenvalue weighted by Gasteiger charge is -2.30. The summed E-state index contributed by atoms with van der Waals surface area (Å²) in [5, 5.41) is 0.651. The summed E-state index contributed by atoms with van der Waals surface area (Å²) in [5.74, 6) is 0.765. The highest BCUT2D eigenvalue weighted by Crippen LogP contribution is 2.20. The third kappa shape index (κ3) is 5.96. The van der Waals surface area contributed by atoms with Crippen LogP contribution >= 0.6 is 11.6 Å². The van der Waals surface area contributed by atoms with Crippen LogP contribution in [0.5, 0.6) is 5.75 Å². The van der Waals surface area contributed by atoms with Gasteiger partial charge in [-0.3, -0.25) is 4.90 Å². The van der Waals surface area contributed by atoms with Gasteiger partial charge in [0, 0.05) is 5.02 Å². The smallest absolute Gasteiger partial charge is 0.180 e. The minimum atomic E-state index is -3.37. The predicted octanol–water partition coefficient (Wildman–Crippen LogP) is 4.44. The van der Waals surface area contributed by atoms with Crippen LogP contribution < -0.4 is 4.74 Å². The molecule has 27 heavy (non-hydrogen) atoms. The first-order chi connectivity index (χ1) is 13.0. The van der Waals surface area contributed by atoms with Gasteiger partial charge >= 0.3 is 0 Å². The average molecular weight is 408 g/mol. The van der Waals surface area contributed by atoms with Gasteiger partial charge < -0.3 is 4.74 Å². The summed E-state index contributed by atoms with van der Waals surface area (Å²) in [4.78, 5) is 2.65. The van der Waals surface area contributed by atoms with Crippen molar-refractivity contribution in [1.82, 2.24) is 4.90 Å². The summed E-state index contributed by atoms with van der Waals surface area (Å²) >= 11 is 5.93. The molecular weight excluding hydrogens is 382 g/mol. The van der Waals surface area contributed by atoms with Crippen LogP contribution in [0.3, 0.4) is 0 Å². The Labute approximate surface area is 167 Å². The quantitative estimate of drug-likeness (QED) is 0.680. The van der Waals surface area contributed by atoms with Crippen molar-refractivity contribution in [1.29, 1.82) is 0 Å². The van der Waals surface area contributed by atoms with Gasteiger partial charge in [-0.25, -0.2) is 8.42 Å². The summed E-state index contributed by atoms with van der Waals surface area (Å²) in [6, 6.07) is 15.7. The number of nitrogens with zero attached hydrogens (tertiary/aromatic N) is 1. The summed E-state index contributed by atoms with van der Waals surface area (Å²) in [6.07, 6.45) is 4.60. The molecule has 2 aromatic rings. The fourth-order valence-electron chi connectivity index (χ4n) is 3.42. The molecule has 2 aromatic carbocycles. The number of ether oxygens (including phenoxy) is 1. The molecule has 1 fully saturated rings. The second-order valence-electron chi connectivity index (χ2n) is 6.96. The number of hydrogen-bond acceptors (Lipinski definition) is 4. The summed E-state index contributed by atoms with van der Waals surface area (Å²) in [5.41, 5.74) is 0. The predicted molar refractivity (Wildman–Crippen MR) is 109 cm³/mol. The SMILES string of the molecule is O=S(=O)(CC(COc1ccc(Cl)cc1)N1CCCCCC1)c1ccccc1. The zero-order chi connectivity index (χ0) is 19.1. The molecule has 1 heterocycles. The molecule has 0 amide bonds. The number of sulfone groups is 1. The molecular formula is C21H26ClNO3S. The molecule has 0 aromatic heterocycles. The van der Waals surface area contributed by atoms with Crippen LogP contribution in [0.4, 0.5) is 0 Å². The van der Waals surface area contributed by atoms with Crippen molar-refractivity contribution in [3.63, 3.8) is 0 Å². The number of rotatable bonds is 7. The van der Waals surface area contributed by atoms with Gasteiger partial charge in [0.15, 0.2) is 9.84 Å². The maximum Gasteiger partial charge on any atom is 0.180 e. The average Bonchev–Trinajstić information content (AvgIpc) is 2.96. The van der Waals surface area contributed by atoms with Crippen molar-refractivity contribution in [2.45, 2.75) is 36.6 Å². The highest BCUT2D eigenvalue weighted by molar-refractivity contribution is 7.91. The van der Waals surface area contributed by atoms with Crippen LogP contribution in [0.1, 0.15) is 25.7 Å². The fraction of sp³-hybridized carbons (Fsp3) is 0.429. The van der Waals surface area contributed by atoms with E-state index in [9.17, 15) is 8.42 Å². The highest BCUT2D eigenvalue weighted by atomic mass is 35.5. The molecule has 1 aliphatic rings. The number of likely N-dealkylation sites (tertiary alicyclic amines) is 1. The minimum absolute atomic E-state index is 0.0601. The molecule has 4 nitrogen and oxygen atoms in total. The Morgan fingerprint density at radius 2 is 1.56 bits per heavy atom. The van der Waals surface area contributed by atoms with E-state index in [-0.39, 0.29) is 11.8 Å². The van der Waals surface area contributed by atoms with Crippen LogP contribution in [0.25, 0.3) is 0 Å². The van der Waals surface area contributed by atoms with Crippen LogP contribution in [0, 0.1) is 0 Å². The third-order valence-corrected chi connectivity index (χ3v) is 6.99. The Morgan fingerprint density at radius 1 is 0.926 bits per heavy atom. The van der Waals surface area contributed by atoms with E-state index >= 15 is 0 Å². The third-order valence-electron chi connectivity index (χ3n) is 4.93. The molecule has 146 valence electrons. The molecule has 0 radical (unpaired) electrons. The van der Waals surface area contributed by atoms with Crippen LogP contribution in [-0.2, 0) is 9.84 Å². The zero-order valence-electron chi connectivity index (χ0n) is 15.4.